The Morgan fingerprint density at radius 2 is 1.61 bits per heavy atom. The molecule has 0 radical (unpaired) electrons. The second-order valence-electron chi connectivity index (χ2n) is 8.66. The van der Waals surface area contributed by atoms with Crippen LogP contribution in [-0.2, 0) is 23.8 Å². The molecule has 6 N–H and O–H groups in total. The Morgan fingerprint density at radius 3 is 2.24 bits per heavy atom. The molecule has 2 aromatic carbocycles. The number of ether oxygens (including phenoxy) is 3. The van der Waals surface area contributed by atoms with E-state index in [0.717, 1.165) is 38.1 Å². The van der Waals surface area contributed by atoms with Gasteiger partial charge in [0.2, 0.25) is 0 Å². The number of phenolic OH excluding ortho intramolecular Hbond substituents is 4. The second-order valence-corrected chi connectivity index (χ2v) is 8.66. The molecule has 0 amide bonds. The van der Waals surface area contributed by atoms with Gasteiger partial charge < -0.3 is 49.3 Å². The second kappa shape index (κ2) is 10.2. The number of carbonyl (C=O) groups excluding carboxylic acids is 2. The highest BCUT2D eigenvalue weighted by Gasteiger charge is 2.49. The van der Waals surface area contributed by atoms with E-state index in [-0.39, 0.29) is 16.9 Å². The van der Waals surface area contributed by atoms with Crippen molar-refractivity contribution in [3.63, 3.8) is 0 Å². The van der Waals surface area contributed by atoms with E-state index in [1.54, 1.807) is 0 Å². The molecule has 38 heavy (non-hydrogen) atoms. The maximum absolute atomic E-state index is 13.0. The molecule has 1 aliphatic heterocycles. The molecule has 202 valence electrons. The van der Waals surface area contributed by atoms with Gasteiger partial charge in [0, 0.05) is 31.5 Å². The Hall–Kier alpha value is -4.33. The van der Waals surface area contributed by atoms with Gasteiger partial charge in [-0.1, -0.05) is 0 Å². The fourth-order valence-electron chi connectivity index (χ4n) is 4.25. The minimum Gasteiger partial charge on any atom is -0.507 e. The molecule has 1 aromatic heterocycles. The van der Waals surface area contributed by atoms with Crippen LogP contribution in [0.3, 0.4) is 0 Å². The van der Waals surface area contributed by atoms with E-state index in [2.05, 4.69) is 0 Å². The summed E-state index contributed by atoms with van der Waals surface area (Å²) in [6, 6.07) is 5.41. The lowest BCUT2D eigenvalue weighted by atomic mass is 9.89. The summed E-state index contributed by atoms with van der Waals surface area (Å²) in [5, 5.41) is 61.7. The van der Waals surface area contributed by atoms with Gasteiger partial charge in [0.05, 0.1) is 5.56 Å². The van der Waals surface area contributed by atoms with E-state index in [4.69, 9.17) is 18.6 Å². The lowest BCUT2D eigenvalue weighted by Gasteiger charge is -2.42. The number of hydrogen-bond donors (Lipinski definition) is 6. The van der Waals surface area contributed by atoms with Crippen LogP contribution in [0.4, 0.5) is 0 Å². The topological polar surface area (TPSA) is 213 Å². The maximum Gasteiger partial charge on any atom is 0.303 e. The zero-order valence-electron chi connectivity index (χ0n) is 20.0. The highest BCUT2D eigenvalue weighted by molar-refractivity contribution is 5.89. The van der Waals surface area contributed by atoms with Crippen molar-refractivity contribution in [1.82, 2.24) is 0 Å². The van der Waals surface area contributed by atoms with Gasteiger partial charge in [-0.15, -0.1) is 0 Å². The van der Waals surface area contributed by atoms with Crippen LogP contribution in [0.5, 0.6) is 23.0 Å². The number of esters is 2. The number of benzene rings is 2. The van der Waals surface area contributed by atoms with Crippen molar-refractivity contribution in [3.05, 3.63) is 46.1 Å². The predicted octanol–water partition coefficient (Wildman–Crippen LogP) is 0.939. The van der Waals surface area contributed by atoms with Gasteiger partial charge in [-0.05, 0) is 18.2 Å². The molecule has 0 bridgehead atoms. The van der Waals surface area contributed by atoms with E-state index in [1.165, 1.54) is 6.07 Å². The third kappa shape index (κ3) is 4.94. The predicted molar refractivity (Wildman–Crippen MR) is 126 cm³/mol. The molecule has 4 rings (SSSR count). The van der Waals surface area contributed by atoms with Gasteiger partial charge in [0.25, 0.3) is 0 Å². The highest BCUT2D eigenvalue weighted by Crippen LogP contribution is 2.45. The number of rotatable bonds is 5. The molecule has 0 saturated carbocycles. The monoisotopic (exact) mass is 532 g/mol. The van der Waals surface area contributed by atoms with Crippen molar-refractivity contribution in [3.8, 4) is 34.3 Å². The van der Waals surface area contributed by atoms with E-state index >= 15 is 0 Å². The van der Waals surface area contributed by atoms with Gasteiger partial charge >= 0.3 is 11.9 Å². The Morgan fingerprint density at radius 1 is 0.895 bits per heavy atom. The SMILES string of the molecule is CC(=O)OC[C@@H]1O[C@@H](c2c(O)cc(O)c3c(=O)cc(-c4ccc(O)c(O)c4)oc23)C(OC(C)=O)C(O)[C@@H]1O. The molecular weight excluding hydrogens is 508 g/mol. The molecule has 3 aromatic rings. The lowest BCUT2D eigenvalue weighted by molar-refractivity contribution is -0.242. The fourth-order valence-corrected chi connectivity index (χ4v) is 4.25. The smallest absolute Gasteiger partial charge is 0.303 e. The molecular formula is C25H24O13. The minimum atomic E-state index is -1.80. The van der Waals surface area contributed by atoms with Crippen molar-refractivity contribution in [2.24, 2.45) is 0 Å². The van der Waals surface area contributed by atoms with Crippen LogP contribution in [0.15, 0.2) is 39.5 Å². The number of fused-ring (bicyclic) bond motifs is 1. The lowest BCUT2D eigenvalue weighted by Crippen LogP contribution is -2.56. The molecule has 0 aliphatic carbocycles. The first-order chi connectivity index (χ1) is 17.9. The minimum absolute atomic E-state index is 0.136. The van der Waals surface area contributed by atoms with Crippen molar-refractivity contribution in [2.45, 2.75) is 44.4 Å². The summed E-state index contributed by atoms with van der Waals surface area (Å²) in [5.74, 6) is -4.02. The van der Waals surface area contributed by atoms with Gasteiger partial charge in [0.15, 0.2) is 28.6 Å². The number of aliphatic hydroxyl groups excluding tert-OH is 2. The summed E-state index contributed by atoms with van der Waals surface area (Å²) < 4.78 is 21.8. The number of carbonyl (C=O) groups is 2. The van der Waals surface area contributed by atoms with Gasteiger partial charge in [-0.2, -0.15) is 0 Å². The first kappa shape index (κ1) is 26.7. The highest BCUT2D eigenvalue weighted by atomic mass is 16.6. The summed E-state index contributed by atoms with van der Waals surface area (Å²) in [4.78, 5) is 36.2. The zero-order valence-corrected chi connectivity index (χ0v) is 20.0. The molecule has 2 heterocycles. The number of phenols is 4. The Bertz CT molecular complexity index is 1460. The van der Waals surface area contributed by atoms with Crippen LogP contribution in [0.1, 0.15) is 25.5 Å². The average Bonchev–Trinajstić information content (AvgIpc) is 2.83. The summed E-state index contributed by atoms with van der Waals surface area (Å²) in [7, 11) is 0. The molecule has 2 unspecified atom stereocenters. The van der Waals surface area contributed by atoms with E-state index in [0.29, 0.717) is 0 Å². The van der Waals surface area contributed by atoms with Crippen LogP contribution < -0.4 is 5.43 Å². The number of aromatic hydroxyl groups is 4. The van der Waals surface area contributed by atoms with Crippen LogP contribution in [-0.4, -0.2) is 73.6 Å². The summed E-state index contributed by atoms with van der Waals surface area (Å²) in [6.07, 6.45) is -8.08. The first-order valence-corrected chi connectivity index (χ1v) is 11.3. The van der Waals surface area contributed by atoms with Crippen LogP contribution in [0.2, 0.25) is 0 Å². The van der Waals surface area contributed by atoms with Crippen molar-refractivity contribution in [2.75, 3.05) is 6.61 Å². The van der Waals surface area contributed by atoms with E-state index < -0.39 is 88.5 Å². The molecule has 5 atom stereocenters. The van der Waals surface area contributed by atoms with Crippen LogP contribution >= 0.6 is 0 Å². The van der Waals surface area contributed by atoms with Crippen LogP contribution in [0.25, 0.3) is 22.3 Å². The van der Waals surface area contributed by atoms with E-state index in [9.17, 15) is 45.0 Å². The molecule has 1 fully saturated rings. The zero-order chi connectivity index (χ0) is 27.9. The summed E-state index contributed by atoms with van der Waals surface area (Å²) in [6.45, 7) is 1.63. The average molecular weight is 532 g/mol. The quantitative estimate of drug-likeness (QED) is 0.200. The Balaban J connectivity index is 1.95. The molecule has 13 nitrogen and oxygen atoms in total. The molecule has 1 saturated heterocycles. The normalized spacial score (nSPS) is 23.2. The van der Waals surface area contributed by atoms with Gasteiger partial charge in [-0.3, -0.25) is 14.4 Å². The van der Waals surface area contributed by atoms with Gasteiger partial charge in [0.1, 0.15) is 53.7 Å². The molecule has 0 spiro atoms. The maximum atomic E-state index is 13.0. The standard InChI is InChI=1S/C25H24O13/c1-9(26)35-8-18-21(33)22(34)25(36-10(2)27)24(38-18)20-15(31)6-14(30)19-16(32)7-17(37-23(19)20)11-3-4-12(28)13(29)5-11/h3-7,18,21-22,24-25,28-31,33-34H,8H2,1-2H3/t18-,21+,22?,24-,25?/m0/s1. The Kier molecular flexibility index (Phi) is 7.18. The third-order valence-electron chi connectivity index (χ3n) is 5.98. The largest absolute Gasteiger partial charge is 0.507 e. The van der Waals surface area contributed by atoms with E-state index in [1.807, 2.05) is 0 Å². The molecule has 1 aliphatic rings. The molecule has 13 heteroatoms. The first-order valence-electron chi connectivity index (χ1n) is 11.3. The van der Waals surface area contributed by atoms with Crippen molar-refractivity contribution < 1.29 is 58.9 Å². The Labute approximate surface area is 213 Å². The summed E-state index contributed by atoms with van der Waals surface area (Å²) >= 11 is 0. The van der Waals surface area contributed by atoms with Crippen LogP contribution in [0, 0.1) is 0 Å². The van der Waals surface area contributed by atoms with Crippen molar-refractivity contribution >= 4 is 22.9 Å². The van der Waals surface area contributed by atoms with Gasteiger partial charge in [-0.25, -0.2) is 0 Å². The van der Waals surface area contributed by atoms with Crippen molar-refractivity contribution in [1.29, 1.82) is 0 Å². The number of hydrogen-bond acceptors (Lipinski definition) is 13. The summed E-state index contributed by atoms with van der Waals surface area (Å²) in [5.41, 5.74) is -1.39. The fraction of sp³-hybridized carbons (Fsp3) is 0.320. The number of aliphatic hydroxyl groups is 2. The third-order valence-corrected chi connectivity index (χ3v) is 5.98.